The highest BCUT2D eigenvalue weighted by Gasteiger charge is 2.32. The van der Waals surface area contributed by atoms with Crippen molar-refractivity contribution in [2.45, 2.75) is 19.6 Å². The Kier molecular flexibility index (Phi) is 2.56. The lowest BCUT2D eigenvalue weighted by Crippen LogP contribution is -2.10. The number of aromatic nitrogens is 1. The van der Waals surface area contributed by atoms with E-state index >= 15 is 0 Å². The van der Waals surface area contributed by atoms with Gasteiger partial charge in [-0.25, -0.2) is 4.98 Å². The number of pyridine rings is 1. The maximum Gasteiger partial charge on any atom is 0.433 e. The first-order chi connectivity index (χ1) is 5.95. The van der Waals surface area contributed by atoms with Gasteiger partial charge in [0, 0.05) is 12.2 Å². The van der Waals surface area contributed by atoms with Crippen LogP contribution in [0, 0.1) is 6.92 Å². The fraction of sp³-hybridized carbons (Fsp3) is 0.375. The molecule has 0 fully saturated rings. The van der Waals surface area contributed by atoms with Crippen LogP contribution < -0.4 is 5.73 Å². The normalized spacial score (nSPS) is 11.8. The Bertz CT molecular complexity index is 307. The number of aryl methyl sites for hydroxylation is 1. The first kappa shape index (κ1) is 9.98. The summed E-state index contributed by atoms with van der Waals surface area (Å²) in [6, 6.07) is 2.29. The van der Waals surface area contributed by atoms with Gasteiger partial charge in [0.15, 0.2) is 0 Å². The van der Waals surface area contributed by atoms with Crippen LogP contribution in [-0.2, 0) is 12.7 Å². The molecule has 0 aliphatic heterocycles. The van der Waals surface area contributed by atoms with Crippen molar-refractivity contribution in [3.63, 3.8) is 0 Å². The average Bonchev–Trinajstić information content (AvgIpc) is 2.02. The van der Waals surface area contributed by atoms with E-state index in [0.717, 1.165) is 6.07 Å². The summed E-state index contributed by atoms with van der Waals surface area (Å²) < 4.78 is 36.3. The van der Waals surface area contributed by atoms with Gasteiger partial charge >= 0.3 is 6.18 Å². The summed E-state index contributed by atoms with van der Waals surface area (Å²) in [6.45, 7) is 1.72. The van der Waals surface area contributed by atoms with Gasteiger partial charge in [-0.15, -0.1) is 0 Å². The third-order valence-electron chi connectivity index (χ3n) is 1.71. The van der Waals surface area contributed by atoms with Crippen LogP contribution in [0.25, 0.3) is 0 Å². The molecule has 0 atom stereocenters. The summed E-state index contributed by atoms with van der Waals surface area (Å²) in [6.07, 6.45) is -4.38. The van der Waals surface area contributed by atoms with Crippen LogP contribution in [0.1, 0.15) is 17.0 Å². The van der Waals surface area contributed by atoms with E-state index in [9.17, 15) is 13.2 Å². The summed E-state index contributed by atoms with van der Waals surface area (Å²) in [7, 11) is 0. The van der Waals surface area contributed by atoms with Crippen molar-refractivity contribution in [3.8, 4) is 0 Å². The van der Waals surface area contributed by atoms with Crippen LogP contribution in [0.5, 0.6) is 0 Å². The molecule has 2 nitrogen and oxygen atoms in total. The van der Waals surface area contributed by atoms with Gasteiger partial charge < -0.3 is 5.73 Å². The minimum atomic E-state index is -4.38. The second-order valence-corrected chi connectivity index (χ2v) is 2.64. The summed E-state index contributed by atoms with van der Waals surface area (Å²) in [5.41, 5.74) is 5.38. The van der Waals surface area contributed by atoms with Crippen LogP contribution in [0.4, 0.5) is 13.2 Å². The molecule has 0 spiro atoms. The minimum absolute atomic E-state index is 0.205. The van der Waals surface area contributed by atoms with E-state index in [4.69, 9.17) is 5.73 Å². The molecule has 13 heavy (non-hydrogen) atoms. The van der Waals surface area contributed by atoms with Crippen molar-refractivity contribution in [2.75, 3.05) is 0 Å². The van der Waals surface area contributed by atoms with Gasteiger partial charge in [0.1, 0.15) is 5.69 Å². The number of rotatable bonds is 1. The molecule has 1 rings (SSSR count). The number of halogens is 3. The van der Waals surface area contributed by atoms with E-state index in [1.165, 1.54) is 13.0 Å². The van der Waals surface area contributed by atoms with Crippen LogP contribution in [0.2, 0.25) is 0 Å². The van der Waals surface area contributed by atoms with Crippen molar-refractivity contribution in [1.82, 2.24) is 4.98 Å². The predicted octanol–water partition coefficient (Wildman–Crippen LogP) is 1.87. The third-order valence-corrected chi connectivity index (χ3v) is 1.71. The van der Waals surface area contributed by atoms with E-state index in [2.05, 4.69) is 4.98 Å². The summed E-state index contributed by atoms with van der Waals surface area (Å²) in [4.78, 5) is 3.41. The van der Waals surface area contributed by atoms with Crippen LogP contribution in [0.3, 0.4) is 0 Å². The molecule has 1 heterocycles. The zero-order chi connectivity index (χ0) is 10.1. The van der Waals surface area contributed by atoms with Crippen LogP contribution in [0.15, 0.2) is 12.1 Å². The monoisotopic (exact) mass is 190 g/mol. The molecule has 72 valence electrons. The van der Waals surface area contributed by atoms with E-state index in [-0.39, 0.29) is 6.54 Å². The molecule has 0 unspecified atom stereocenters. The molecule has 2 N–H and O–H groups in total. The molecule has 0 aromatic carbocycles. The predicted molar refractivity (Wildman–Crippen MR) is 41.9 cm³/mol. The molecule has 1 aromatic rings. The van der Waals surface area contributed by atoms with Crippen molar-refractivity contribution >= 4 is 0 Å². The number of hydrogen-bond donors (Lipinski definition) is 1. The molecule has 0 amide bonds. The van der Waals surface area contributed by atoms with Crippen molar-refractivity contribution in [3.05, 3.63) is 29.1 Å². The Hall–Kier alpha value is -1.10. The summed E-state index contributed by atoms with van der Waals surface area (Å²) in [5, 5.41) is 0. The van der Waals surface area contributed by atoms with Crippen molar-refractivity contribution in [2.24, 2.45) is 5.73 Å². The van der Waals surface area contributed by atoms with E-state index in [1.807, 2.05) is 0 Å². The molecule has 0 aliphatic rings. The topological polar surface area (TPSA) is 38.9 Å². The second kappa shape index (κ2) is 3.33. The Morgan fingerprint density at radius 2 is 2.00 bits per heavy atom. The molecule has 0 aliphatic carbocycles. The molecular weight excluding hydrogens is 181 g/mol. The minimum Gasteiger partial charge on any atom is -0.326 e. The molecule has 0 saturated heterocycles. The first-order valence-electron chi connectivity index (χ1n) is 3.69. The molecule has 5 heteroatoms. The number of nitrogens with two attached hydrogens (primary N) is 1. The Balaban J connectivity index is 3.10. The van der Waals surface area contributed by atoms with E-state index in [1.54, 1.807) is 0 Å². The lowest BCUT2D eigenvalue weighted by molar-refractivity contribution is -0.141. The summed E-state index contributed by atoms with van der Waals surface area (Å²) >= 11 is 0. The Morgan fingerprint density at radius 1 is 1.38 bits per heavy atom. The Morgan fingerprint density at radius 3 is 2.38 bits per heavy atom. The third kappa shape index (κ3) is 2.18. The highest BCUT2D eigenvalue weighted by molar-refractivity contribution is 5.22. The second-order valence-electron chi connectivity index (χ2n) is 2.64. The summed E-state index contributed by atoms with van der Waals surface area (Å²) in [5.74, 6) is 0. The van der Waals surface area contributed by atoms with E-state index in [0.29, 0.717) is 11.3 Å². The maximum atomic E-state index is 12.1. The molecular formula is C8H9F3N2. The van der Waals surface area contributed by atoms with Gasteiger partial charge in [-0.2, -0.15) is 13.2 Å². The quantitative estimate of drug-likeness (QED) is 0.734. The molecule has 0 saturated carbocycles. The van der Waals surface area contributed by atoms with Crippen LogP contribution >= 0.6 is 0 Å². The van der Waals surface area contributed by atoms with Gasteiger partial charge in [0.05, 0.1) is 0 Å². The van der Waals surface area contributed by atoms with Gasteiger partial charge in [-0.05, 0) is 18.6 Å². The van der Waals surface area contributed by atoms with Gasteiger partial charge in [0.2, 0.25) is 0 Å². The maximum absolute atomic E-state index is 12.1. The van der Waals surface area contributed by atoms with E-state index < -0.39 is 11.9 Å². The molecule has 0 bridgehead atoms. The Labute approximate surface area is 73.6 Å². The van der Waals surface area contributed by atoms with Gasteiger partial charge in [-0.1, -0.05) is 6.07 Å². The SMILES string of the molecule is Cc1nc(C(F)(F)F)ccc1CN. The zero-order valence-electron chi connectivity index (χ0n) is 7.02. The zero-order valence-corrected chi connectivity index (χ0v) is 7.02. The van der Waals surface area contributed by atoms with Crippen LogP contribution in [-0.4, -0.2) is 4.98 Å². The highest BCUT2D eigenvalue weighted by atomic mass is 19.4. The smallest absolute Gasteiger partial charge is 0.326 e. The lowest BCUT2D eigenvalue weighted by Gasteiger charge is -2.08. The van der Waals surface area contributed by atoms with Gasteiger partial charge in [-0.3, -0.25) is 0 Å². The largest absolute Gasteiger partial charge is 0.433 e. The molecule has 0 radical (unpaired) electrons. The highest BCUT2D eigenvalue weighted by Crippen LogP contribution is 2.27. The van der Waals surface area contributed by atoms with Gasteiger partial charge in [0.25, 0.3) is 0 Å². The standard InChI is InChI=1S/C8H9F3N2/c1-5-6(4-12)2-3-7(13-5)8(9,10)11/h2-3H,4,12H2,1H3. The molecule has 1 aromatic heterocycles. The number of hydrogen-bond acceptors (Lipinski definition) is 2. The fourth-order valence-electron chi connectivity index (χ4n) is 0.964. The average molecular weight is 190 g/mol. The first-order valence-corrected chi connectivity index (χ1v) is 3.69. The lowest BCUT2D eigenvalue weighted by atomic mass is 10.2. The van der Waals surface area contributed by atoms with Crippen molar-refractivity contribution < 1.29 is 13.2 Å². The number of nitrogens with zero attached hydrogens (tertiary/aromatic N) is 1. The number of alkyl halides is 3. The fourth-order valence-corrected chi connectivity index (χ4v) is 0.964. The van der Waals surface area contributed by atoms with Crippen molar-refractivity contribution in [1.29, 1.82) is 0 Å².